The second kappa shape index (κ2) is 7.18. The number of nitrogens with zero attached hydrogens (tertiary/aromatic N) is 1. The van der Waals surface area contributed by atoms with Crippen molar-refractivity contribution in [3.63, 3.8) is 0 Å². The largest absolute Gasteiger partial charge is 0.444 e. The molecule has 1 aliphatic rings. The Balaban J connectivity index is 1.56. The van der Waals surface area contributed by atoms with E-state index in [1.54, 1.807) is 4.90 Å². The van der Waals surface area contributed by atoms with Crippen LogP contribution in [0, 0.1) is 0 Å². The van der Waals surface area contributed by atoms with Crippen molar-refractivity contribution in [2.24, 2.45) is 0 Å². The molecule has 2 aromatic rings. The first-order valence-corrected chi connectivity index (χ1v) is 8.81. The Kier molecular flexibility index (Phi) is 4.98. The summed E-state index contributed by atoms with van der Waals surface area (Å²) in [5.41, 5.74) is 3.05. The zero-order valence-electron chi connectivity index (χ0n) is 15.2. The van der Waals surface area contributed by atoms with Crippen LogP contribution >= 0.6 is 0 Å². The topological polar surface area (TPSA) is 41.6 Å². The number of nitrogens with one attached hydrogen (secondary N) is 1. The lowest BCUT2D eigenvalue weighted by Gasteiger charge is -2.24. The smallest absolute Gasteiger partial charge is 0.410 e. The van der Waals surface area contributed by atoms with Crippen LogP contribution in [0.4, 0.5) is 10.5 Å². The van der Waals surface area contributed by atoms with Gasteiger partial charge in [0.05, 0.1) is 0 Å². The Labute approximate surface area is 149 Å². The van der Waals surface area contributed by atoms with Crippen LogP contribution in [0.25, 0.3) is 11.1 Å². The summed E-state index contributed by atoms with van der Waals surface area (Å²) in [6.07, 6.45) is 0.705. The first kappa shape index (κ1) is 17.3. The van der Waals surface area contributed by atoms with E-state index in [0.717, 1.165) is 18.7 Å². The first-order chi connectivity index (χ1) is 11.9. The van der Waals surface area contributed by atoms with E-state index < -0.39 is 5.60 Å². The minimum Gasteiger partial charge on any atom is -0.444 e. The van der Waals surface area contributed by atoms with Gasteiger partial charge in [-0.1, -0.05) is 42.5 Å². The summed E-state index contributed by atoms with van der Waals surface area (Å²) in [5, 5.41) is 3.52. The maximum atomic E-state index is 12.1. The fraction of sp³-hybridized carbons (Fsp3) is 0.381. The highest BCUT2D eigenvalue weighted by molar-refractivity contribution is 5.69. The summed E-state index contributed by atoms with van der Waals surface area (Å²) in [6, 6.07) is 19.0. The molecule has 1 N–H and O–H groups in total. The number of benzene rings is 2. The summed E-state index contributed by atoms with van der Waals surface area (Å²) in [4.78, 5) is 13.9. The van der Waals surface area contributed by atoms with E-state index in [2.05, 4.69) is 41.7 Å². The van der Waals surface area contributed by atoms with Crippen molar-refractivity contribution in [3.05, 3.63) is 54.6 Å². The normalized spacial score (nSPS) is 17.4. The molecule has 4 heteroatoms. The van der Waals surface area contributed by atoms with E-state index in [1.807, 2.05) is 39.0 Å². The lowest BCUT2D eigenvalue weighted by atomic mass is 10.1. The highest BCUT2D eigenvalue weighted by Gasteiger charge is 2.29. The standard InChI is InChI=1S/C21H26N2O2/c1-21(2,3)25-20(24)23-14-13-19(15-23)22-18-11-9-17(10-12-18)16-7-5-4-6-8-16/h4-12,19,22H,13-15H2,1-3H3. The molecule has 1 aliphatic heterocycles. The Morgan fingerprint density at radius 3 is 2.32 bits per heavy atom. The van der Waals surface area contributed by atoms with E-state index in [9.17, 15) is 4.79 Å². The molecule has 0 aliphatic carbocycles. The number of likely N-dealkylation sites (tertiary alicyclic amines) is 1. The predicted octanol–water partition coefficient (Wildman–Crippen LogP) is 4.77. The van der Waals surface area contributed by atoms with E-state index in [-0.39, 0.29) is 12.1 Å². The first-order valence-electron chi connectivity index (χ1n) is 8.81. The number of ether oxygens (including phenoxy) is 1. The molecule has 1 atom stereocenters. The van der Waals surface area contributed by atoms with Gasteiger partial charge in [-0.15, -0.1) is 0 Å². The van der Waals surface area contributed by atoms with Gasteiger partial charge in [-0.3, -0.25) is 0 Å². The highest BCUT2D eigenvalue weighted by atomic mass is 16.6. The van der Waals surface area contributed by atoms with E-state index in [0.29, 0.717) is 6.54 Å². The van der Waals surface area contributed by atoms with Crippen molar-refractivity contribution in [2.45, 2.75) is 38.8 Å². The van der Waals surface area contributed by atoms with Crippen molar-refractivity contribution in [1.82, 2.24) is 4.90 Å². The monoisotopic (exact) mass is 338 g/mol. The highest BCUT2D eigenvalue weighted by Crippen LogP contribution is 2.23. The molecule has 0 aromatic heterocycles. The van der Waals surface area contributed by atoms with Crippen molar-refractivity contribution in [3.8, 4) is 11.1 Å². The number of hydrogen-bond donors (Lipinski definition) is 1. The summed E-state index contributed by atoms with van der Waals surface area (Å²) in [5.74, 6) is 0. The number of carbonyl (C=O) groups excluding carboxylic acids is 1. The van der Waals surface area contributed by atoms with Crippen LogP contribution in [0.3, 0.4) is 0 Å². The molecule has 1 fully saturated rings. The molecule has 1 amide bonds. The maximum absolute atomic E-state index is 12.1. The number of carbonyl (C=O) groups is 1. The van der Waals surface area contributed by atoms with Crippen LogP contribution in [-0.2, 0) is 4.74 Å². The van der Waals surface area contributed by atoms with E-state index in [4.69, 9.17) is 4.74 Å². The molecule has 1 unspecified atom stereocenters. The summed E-state index contributed by atoms with van der Waals surface area (Å²) >= 11 is 0. The Morgan fingerprint density at radius 2 is 1.68 bits per heavy atom. The lowest BCUT2D eigenvalue weighted by molar-refractivity contribution is 0.0293. The second-order valence-electron chi connectivity index (χ2n) is 7.50. The SMILES string of the molecule is CC(C)(C)OC(=O)N1CCC(Nc2ccc(-c3ccccc3)cc2)C1. The van der Waals surface area contributed by atoms with Gasteiger partial charge in [0.15, 0.2) is 0 Å². The molecular formula is C21H26N2O2. The quantitative estimate of drug-likeness (QED) is 0.876. The number of hydrogen-bond acceptors (Lipinski definition) is 3. The molecule has 0 bridgehead atoms. The second-order valence-corrected chi connectivity index (χ2v) is 7.50. The predicted molar refractivity (Wildman–Crippen MR) is 102 cm³/mol. The number of amides is 1. The third kappa shape index (κ3) is 4.75. The average molecular weight is 338 g/mol. The van der Waals surface area contributed by atoms with Gasteiger partial charge in [0.1, 0.15) is 5.60 Å². The third-order valence-electron chi connectivity index (χ3n) is 4.20. The molecule has 0 saturated carbocycles. The molecule has 2 aromatic carbocycles. The van der Waals surface area contributed by atoms with Gasteiger partial charge in [-0.05, 0) is 50.5 Å². The number of rotatable bonds is 3. The molecule has 25 heavy (non-hydrogen) atoms. The Bertz CT molecular complexity index is 705. The van der Waals surface area contributed by atoms with Crippen molar-refractivity contribution >= 4 is 11.8 Å². The minimum atomic E-state index is -0.449. The molecule has 4 nitrogen and oxygen atoms in total. The van der Waals surface area contributed by atoms with Crippen LogP contribution < -0.4 is 5.32 Å². The van der Waals surface area contributed by atoms with E-state index >= 15 is 0 Å². The van der Waals surface area contributed by atoms with Gasteiger partial charge in [-0.2, -0.15) is 0 Å². The lowest BCUT2D eigenvalue weighted by Crippen LogP contribution is -2.36. The summed E-state index contributed by atoms with van der Waals surface area (Å²) < 4.78 is 5.44. The molecule has 1 heterocycles. The molecule has 0 spiro atoms. The minimum absolute atomic E-state index is 0.226. The summed E-state index contributed by atoms with van der Waals surface area (Å²) in [6.45, 7) is 7.09. The van der Waals surface area contributed by atoms with Crippen molar-refractivity contribution < 1.29 is 9.53 Å². The summed E-state index contributed by atoms with van der Waals surface area (Å²) in [7, 11) is 0. The zero-order chi connectivity index (χ0) is 17.9. The van der Waals surface area contributed by atoms with Crippen LogP contribution in [0.5, 0.6) is 0 Å². The van der Waals surface area contributed by atoms with Crippen LogP contribution in [0.2, 0.25) is 0 Å². The van der Waals surface area contributed by atoms with Crippen molar-refractivity contribution in [1.29, 1.82) is 0 Å². The van der Waals surface area contributed by atoms with Crippen LogP contribution in [0.1, 0.15) is 27.2 Å². The van der Waals surface area contributed by atoms with Gasteiger partial charge in [-0.25, -0.2) is 4.79 Å². The maximum Gasteiger partial charge on any atom is 0.410 e. The Morgan fingerprint density at radius 1 is 1.04 bits per heavy atom. The van der Waals surface area contributed by atoms with Gasteiger partial charge in [0, 0.05) is 24.8 Å². The van der Waals surface area contributed by atoms with Gasteiger partial charge in [0.2, 0.25) is 0 Å². The molecule has 3 rings (SSSR count). The Hall–Kier alpha value is -2.49. The van der Waals surface area contributed by atoms with Gasteiger partial charge < -0.3 is 15.0 Å². The molecule has 1 saturated heterocycles. The van der Waals surface area contributed by atoms with Gasteiger partial charge >= 0.3 is 6.09 Å². The fourth-order valence-electron chi connectivity index (χ4n) is 3.00. The van der Waals surface area contributed by atoms with Crippen molar-refractivity contribution in [2.75, 3.05) is 18.4 Å². The van der Waals surface area contributed by atoms with Crippen LogP contribution in [-0.4, -0.2) is 35.7 Å². The van der Waals surface area contributed by atoms with E-state index in [1.165, 1.54) is 11.1 Å². The van der Waals surface area contributed by atoms with Crippen LogP contribution in [0.15, 0.2) is 54.6 Å². The molecule has 0 radical (unpaired) electrons. The van der Waals surface area contributed by atoms with Gasteiger partial charge in [0.25, 0.3) is 0 Å². The molecular weight excluding hydrogens is 312 g/mol. The number of anilines is 1. The average Bonchev–Trinajstić information content (AvgIpc) is 3.04. The third-order valence-corrected chi connectivity index (χ3v) is 4.20. The molecule has 132 valence electrons. The zero-order valence-corrected chi connectivity index (χ0v) is 15.2. The fourth-order valence-corrected chi connectivity index (χ4v) is 3.00.